The van der Waals surface area contributed by atoms with Crippen LogP contribution in [0, 0.1) is 6.92 Å². The van der Waals surface area contributed by atoms with Crippen LogP contribution in [0.15, 0.2) is 71.5 Å². The van der Waals surface area contributed by atoms with Crippen LogP contribution in [0.25, 0.3) is 22.2 Å². The summed E-state index contributed by atoms with van der Waals surface area (Å²) in [4.78, 5) is 20.1. The molecule has 0 unspecified atom stereocenters. The number of pyridine rings is 1. The van der Waals surface area contributed by atoms with Gasteiger partial charge in [0, 0.05) is 28.6 Å². The van der Waals surface area contributed by atoms with Crippen LogP contribution < -0.4 is 0 Å². The molecule has 1 amide bonds. The predicted molar refractivity (Wildman–Crippen MR) is 119 cm³/mol. The summed E-state index contributed by atoms with van der Waals surface area (Å²) in [5.41, 5.74) is 5.50. The minimum absolute atomic E-state index is 0.00682. The van der Waals surface area contributed by atoms with Crippen LogP contribution >= 0.6 is 11.6 Å². The molecule has 0 atom stereocenters. The Balaban J connectivity index is 1.63. The van der Waals surface area contributed by atoms with Gasteiger partial charge in [-0.3, -0.25) is 4.79 Å². The summed E-state index contributed by atoms with van der Waals surface area (Å²) < 4.78 is 5.14. The number of para-hydroxylation sites is 1. The minimum atomic E-state index is -0.00682. The van der Waals surface area contributed by atoms with Gasteiger partial charge < -0.3 is 9.32 Å². The number of nitrogens with zero attached hydrogens (tertiary/aromatic N) is 2. The van der Waals surface area contributed by atoms with Crippen LogP contribution in [0.3, 0.4) is 0 Å². The fourth-order valence-corrected chi connectivity index (χ4v) is 4.08. The Morgan fingerprint density at radius 1 is 1.17 bits per heavy atom. The molecular weight excluding hydrogens is 396 g/mol. The second-order valence-electron chi connectivity index (χ2n) is 7.83. The maximum Gasteiger partial charge on any atom is 0.257 e. The van der Waals surface area contributed by atoms with E-state index in [-0.39, 0.29) is 11.9 Å². The second kappa shape index (κ2) is 7.62. The summed E-state index contributed by atoms with van der Waals surface area (Å²) in [5, 5.41) is 1.74. The van der Waals surface area contributed by atoms with Gasteiger partial charge in [0.2, 0.25) is 0 Å². The molecule has 4 aromatic rings. The molecule has 0 N–H and O–H groups in total. The predicted octanol–water partition coefficient (Wildman–Crippen LogP) is 6.26. The number of carbonyl (C=O) groups excluding carboxylic acids is 1. The molecule has 5 rings (SSSR count). The summed E-state index contributed by atoms with van der Waals surface area (Å²) in [6.45, 7) is 2.56. The highest BCUT2D eigenvalue weighted by Crippen LogP contribution is 2.34. The maximum absolute atomic E-state index is 13.1. The Morgan fingerprint density at radius 2 is 2.00 bits per heavy atom. The van der Waals surface area contributed by atoms with Crippen molar-refractivity contribution in [3.05, 3.63) is 88.8 Å². The van der Waals surface area contributed by atoms with E-state index < -0.39 is 0 Å². The Hall–Kier alpha value is -3.11. The van der Waals surface area contributed by atoms with E-state index in [4.69, 9.17) is 21.0 Å². The molecule has 2 heterocycles. The molecule has 5 heteroatoms. The van der Waals surface area contributed by atoms with Crippen molar-refractivity contribution < 1.29 is 9.21 Å². The standard InChI is InChI=1S/C25H21ClN2O2/c1-16-4-2-5-17-12-20(24(27-23(16)17)18-6-3-7-21(26)13-18)14-28(22-8-9-22)25(29)19-10-11-30-15-19/h2-7,10-13,15,22H,8-9,14H2,1H3. The van der Waals surface area contributed by atoms with Crippen molar-refractivity contribution in [1.82, 2.24) is 9.88 Å². The Bertz CT molecular complexity index is 1230. The fraction of sp³-hybridized carbons (Fsp3) is 0.200. The van der Waals surface area contributed by atoms with Gasteiger partial charge in [-0.1, -0.05) is 41.9 Å². The number of carbonyl (C=O) groups is 1. The summed E-state index contributed by atoms with van der Waals surface area (Å²) in [6, 6.07) is 18.0. The van der Waals surface area contributed by atoms with E-state index in [1.54, 1.807) is 6.07 Å². The second-order valence-corrected chi connectivity index (χ2v) is 8.27. The van der Waals surface area contributed by atoms with Crippen molar-refractivity contribution in [2.45, 2.75) is 32.4 Å². The van der Waals surface area contributed by atoms with Crippen molar-refractivity contribution in [3.63, 3.8) is 0 Å². The highest BCUT2D eigenvalue weighted by atomic mass is 35.5. The summed E-state index contributed by atoms with van der Waals surface area (Å²) >= 11 is 6.28. The number of benzene rings is 2. The molecule has 2 aromatic heterocycles. The third-order valence-electron chi connectivity index (χ3n) is 5.58. The van der Waals surface area contributed by atoms with E-state index in [0.29, 0.717) is 17.1 Å². The third-order valence-corrected chi connectivity index (χ3v) is 5.82. The van der Waals surface area contributed by atoms with Crippen LogP contribution in [0.2, 0.25) is 5.02 Å². The van der Waals surface area contributed by atoms with E-state index in [1.807, 2.05) is 35.2 Å². The average molecular weight is 417 g/mol. The number of fused-ring (bicyclic) bond motifs is 1. The SMILES string of the molecule is Cc1cccc2cc(CN(C(=O)c3ccoc3)C3CC3)c(-c3cccc(Cl)c3)nc12. The van der Waals surface area contributed by atoms with Gasteiger partial charge in [-0.25, -0.2) is 4.98 Å². The van der Waals surface area contributed by atoms with Gasteiger partial charge in [0.15, 0.2) is 0 Å². The lowest BCUT2D eigenvalue weighted by Gasteiger charge is -2.24. The zero-order valence-electron chi connectivity index (χ0n) is 16.6. The summed E-state index contributed by atoms with van der Waals surface area (Å²) in [7, 11) is 0. The lowest BCUT2D eigenvalue weighted by molar-refractivity contribution is 0.0729. The van der Waals surface area contributed by atoms with Crippen LogP contribution in [0.1, 0.15) is 34.3 Å². The summed E-state index contributed by atoms with van der Waals surface area (Å²) in [6.07, 6.45) is 5.10. The largest absolute Gasteiger partial charge is 0.472 e. The van der Waals surface area contributed by atoms with E-state index in [9.17, 15) is 4.79 Å². The van der Waals surface area contributed by atoms with Crippen molar-refractivity contribution in [3.8, 4) is 11.3 Å². The smallest absolute Gasteiger partial charge is 0.257 e. The van der Waals surface area contributed by atoms with Crippen LogP contribution in [-0.4, -0.2) is 21.8 Å². The molecule has 1 fully saturated rings. The van der Waals surface area contributed by atoms with E-state index in [1.165, 1.54) is 12.5 Å². The van der Waals surface area contributed by atoms with Gasteiger partial charge in [-0.15, -0.1) is 0 Å². The quantitative estimate of drug-likeness (QED) is 0.385. The first kappa shape index (κ1) is 18.9. The first-order valence-electron chi connectivity index (χ1n) is 10.1. The van der Waals surface area contributed by atoms with Crippen molar-refractivity contribution in [2.24, 2.45) is 0 Å². The molecule has 0 spiro atoms. The van der Waals surface area contributed by atoms with E-state index in [2.05, 4.69) is 25.1 Å². The van der Waals surface area contributed by atoms with Crippen molar-refractivity contribution >= 4 is 28.4 Å². The van der Waals surface area contributed by atoms with Crippen LogP contribution in [0.5, 0.6) is 0 Å². The summed E-state index contributed by atoms with van der Waals surface area (Å²) in [5.74, 6) is -0.00682. The molecule has 1 aliphatic rings. The minimum Gasteiger partial charge on any atom is -0.472 e. The molecule has 0 aliphatic heterocycles. The third kappa shape index (κ3) is 3.59. The molecular formula is C25H21ClN2O2. The van der Waals surface area contributed by atoms with Gasteiger partial charge in [-0.2, -0.15) is 0 Å². The monoisotopic (exact) mass is 416 g/mol. The molecule has 4 nitrogen and oxygen atoms in total. The number of halogens is 1. The number of aryl methyl sites for hydroxylation is 1. The average Bonchev–Trinajstić information content (AvgIpc) is 3.44. The molecule has 0 saturated heterocycles. The first-order valence-corrected chi connectivity index (χ1v) is 10.5. The molecule has 1 saturated carbocycles. The number of hydrogen-bond acceptors (Lipinski definition) is 3. The first-order chi connectivity index (χ1) is 14.6. The van der Waals surface area contributed by atoms with Crippen molar-refractivity contribution in [2.75, 3.05) is 0 Å². The van der Waals surface area contributed by atoms with E-state index >= 15 is 0 Å². The highest BCUT2D eigenvalue weighted by Gasteiger charge is 2.34. The van der Waals surface area contributed by atoms with Gasteiger partial charge in [0.25, 0.3) is 5.91 Å². The maximum atomic E-state index is 13.1. The Labute approximate surface area is 180 Å². The molecule has 30 heavy (non-hydrogen) atoms. The van der Waals surface area contributed by atoms with E-state index in [0.717, 1.165) is 46.1 Å². The van der Waals surface area contributed by atoms with Gasteiger partial charge in [0.05, 0.1) is 23.0 Å². The lowest BCUT2D eigenvalue weighted by atomic mass is 10.0. The molecule has 1 aliphatic carbocycles. The Morgan fingerprint density at radius 3 is 2.73 bits per heavy atom. The molecule has 0 radical (unpaired) electrons. The normalized spacial score (nSPS) is 13.5. The topological polar surface area (TPSA) is 46.3 Å². The Kier molecular flexibility index (Phi) is 4.80. The number of rotatable bonds is 5. The molecule has 0 bridgehead atoms. The highest BCUT2D eigenvalue weighted by molar-refractivity contribution is 6.30. The van der Waals surface area contributed by atoms with Gasteiger partial charge in [0.1, 0.15) is 6.26 Å². The molecule has 150 valence electrons. The number of hydrogen-bond donors (Lipinski definition) is 0. The molecule has 2 aromatic carbocycles. The van der Waals surface area contributed by atoms with Gasteiger partial charge >= 0.3 is 0 Å². The lowest BCUT2D eigenvalue weighted by Crippen LogP contribution is -2.32. The van der Waals surface area contributed by atoms with Crippen LogP contribution in [-0.2, 0) is 6.54 Å². The number of amides is 1. The number of furan rings is 1. The fourth-order valence-electron chi connectivity index (χ4n) is 3.89. The van der Waals surface area contributed by atoms with Crippen molar-refractivity contribution in [1.29, 1.82) is 0 Å². The van der Waals surface area contributed by atoms with Gasteiger partial charge in [-0.05, 0) is 55.2 Å². The zero-order valence-corrected chi connectivity index (χ0v) is 17.4. The number of aromatic nitrogens is 1. The zero-order chi connectivity index (χ0) is 20.7. The van der Waals surface area contributed by atoms with Crippen LogP contribution in [0.4, 0.5) is 0 Å².